The summed E-state index contributed by atoms with van der Waals surface area (Å²) in [7, 11) is 0. The maximum absolute atomic E-state index is 6.61. The molecule has 0 aromatic heterocycles. The fourth-order valence-electron chi connectivity index (χ4n) is 3.25. The topological polar surface area (TPSA) is 26.0 Å². The average molecular weight is 225 g/mol. The molecule has 0 heterocycles. The van der Waals surface area contributed by atoms with E-state index < -0.39 is 0 Å². The number of nitrogens with two attached hydrogens (primary N) is 1. The van der Waals surface area contributed by atoms with Crippen LogP contribution in [0.4, 0.5) is 0 Å². The lowest BCUT2D eigenvalue weighted by Gasteiger charge is -2.32. The zero-order valence-electron chi connectivity index (χ0n) is 11.8. The van der Waals surface area contributed by atoms with Gasteiger partial charge in [-0.05, 0) is 43.4 Å². The zero-order chi connectivity index (χ0) is 12.2. The molecule has 0 radical (unpaired) electrons. The Kier molecular flexibility index (Phi) is 4.85. The van der Waals surface area contributed by atoms with E-state index in [9.17, 15) is 0 Å². The smallest absolute Gasteiger partial charge is 0.0157 e. The molecule has 16 heavy (non-hydrogen) atoms. The highest BCUT2D eigenvalue weighted by Crippen LogP contribution is 2.39. The molecular weight excluding hydrogens is 194 g/mol. The van der Waals surface area contributed by atoms with E-state index in [0.717, 1.165) is 5.92 Å². The van der Waals surface area contributed by atoms with E-state index in [1.807, 2.05) is 0 Å². The second-order valence-corrected chi connectivity index (χ2v) is 6.98. The molecule has 1 rings (SSSR count). The lowest BCUT2D eigenvalue weighted by atomic mass is 9.79. The Balaban J connectivity index is 2.50. The van der Waals surface area contributed by atoms with Crippen LogP contribution in [0.1, 0.15) is 79.1 Å². The van der Waals surface area contributed by atoms with E-state index in [0.29, 0.717) is 5.41 Å². The second kappa shape index (κ2) is 5.53. The number of rotatable bonds is 4. The molecule has 0 aliphatic heterocycles. The van der Waals surface area contributed by atoms with Crippen LogP contribution in [0, 0.1) is 11.3 Å². The van der Waals surface area contributed by atoms with Gasteiger partial charge in [-0.3, -0.25) is 0 Å². The van der Waals surface area contributed by atoms with Gasteiger partial charge in [0, 0.05) is 5.54 Å². The first kappa shape index (κ1) is 14.0. The fraction of sp³-hybridized carbons (Fsp3) is 1.00. The first-order valence-electron chi connectivity index (χ1n) is 7.16. The van der Waals surface area contributed by atoms with E-state index in [1.165, 1.54) is 51.4 Å². The van der Waals surface area contributed by atoms with Gasteiger partial charge in [0.1, 0.15) is 0 Å². The molecule has 96 valence electrons. The molecule has 1 saturated carbocycles. The second-order valence-electron chi connectivity index (χ2n) is 6.98. The molecule has 1 aliphatic rings. The minimum atomic E-state index is 0.141. The van der Waals surface area contributed by atoms with E-state index in [-0.39, 0.29) is 5.54 Å². The van der Waals surface area contributed by atoms with Crippen molar-refractivity contribution in [2.24, 2.45) is 17.1 Å². The van der Waals surface area contributed by atoms with Crippen molar-refractivity contribution in [3.8, 4) is 0 Å². The van der Waals surface area contributed by atoms with Crippen LogP contribution in [-0.4, -0.2) is 5.54 Å². The Bertz CT molecular complexity index is 209. The third kappa shape index (κ3) is 4.45. The highest BCUT2D eigenvalue weighted by molar-refractivity contribution is 4.91. The first-order chi connectivity index (χ1) is 7.37. The highest BCUT2D eigenvalue weighted by Gasteiger charge is 2.33. The van der Waals surface area contributed by atoms with Crippen molar-refractivity contribution in [2.75, 3.05) is 0 Å². The summed E-state index contributed by atoms with van der Waals surface area (Å²) >= 11 is 0. The Hall–Kier alpha value is -0.0400. The summed E-state index contributed by atoms with van der Waals surface area (Å²) in [6, 6.07) is 0. The summed E-state index contributed by atoms with van der Waals surface area (Å²) in [5, 5.41) is 0. The molecule has 1 aliphatic carbocycles. The minimum absolute atomic E-state index is 0.141. The molecule has 2 N–H and O–H groups in total. The van der Waals surface area contributed by atoms with Crippen molar-refractivity contribution in [1.29, 1.82) is 0 Å². The van der Waals surface area contributed by atoms with Crippen LogP contribution in [0.5, 0.6) is 0 Å². The van der Waals surface area contributed by atoms with Crippen molar-refractivity contribution >= 4 is 0 Å². The average Bonchev–Trinajstić information content (AvgIpc) is 2.26. The van der Waals surface area contributed by atoms with Gasteiger partial charge in [-0.15, -0.1) is 0 Å². The fourth-order valence-corrected chi connectivity index (χ4v) is 3.25. The molecule has 1 heteroatoms. The van der Waals surface area contributed by atoms with Crippen LogP contribution in [0.2, 0.25) is 0 Å². The first-order valence-corrected chi connectivity index (χ1v) is 7.16. The van der Waals surface area contributed by atoms with Gasteiger partial charge in [-0.1, -0.05) is 47.0 Å². The largest absolute Gasteiger partial charge is 0.325 e. The maximum atomic E-state index is 6.61. The van der Waals surface area contributed by atoms with Gasteiger partial charge in [-0.2, -0.15) is 0 Å². The molecule has 0 saturated heterocycles. The van der Waals surface area contributed by atoms with E-state index in [1.54, 1.807) is 0 Å². The van der Waals surface area contributed by atoms with Crippen LogP contribution < -0.4 is 5.73 Å². The zero-order valence-corrected chi connectivity index (χ0v) is 11.8. The third-order valence-electron chi connectivity index (χ3n) is 4.36. The monoisotopic (exact) mass is 225 g/mol. The normalized spacial score (nSPS) is 32.1. The predicted octanol–water partition coefficient (Wildman–Crippen LogP) is 4.50. The Morgan fingerprint density at radius 1 is 1.12 bits per heavy atom. The Morgan fingerprint density at radius 2 is 1.81 bits per heavy atom. The van der Waals surface area contributed by atoms with Crippen molar-refractivity contribution in [1.82, 2.24) is 0 Å². The lowest BCUT2D eigenvalue weighted by Crippen LogP contribution is -2.41. The van der Waals surface area contributed by atoms with Gasteiger partial charge in [-0.25, -0.2) is 0 Å². The van der Waals surface area contributed by atoms with E-state index in [2.05, 4.69) is 27.7 Å². The Morgan fingerprint density at radius 3 is 2.44 bits per heavy atom. The quantitative estimate of drug-likeness (QED) is 0.700. The lowest BCUT2D eigenvalue weighted by molar-refractivity contribution is 0.263. The van der Waals surface area contributed by atoms with Crippen LogP contribution in [0.25, 0.3) is 0 Å². The predicted molar refractivity (Wildman–Crippen MR) is 72.5 cm³/mol. The van der Waals surface area contributed by atoms with Gasteiger partial charge in [0.2, 0.25) is 0 Å². The van der Waals surface area contributed by atoms with Gasteiger partial charge in [0.05, 0.1) is 0 Å². The summed E-state index contributed by atoms with van der Waals surface area (Å²) in [5.41, 5.74) is 7.28. The minimum Gasteiger partial charge on any atom is -0.325 e. The summed E-state index contributed by atoms with van der Waals surface area (Å²) in [6.45, 7) is 9.44. The molecular formula is C15H31N. The number of hydrogen-bond donors (Lipinski definition) is 1. The van der Waals surface area contributed by atoms with Crippen molar-refractivity contribution in [2.45, 2.75) is 84.6 Å². The van der Waals surface area contributed by atoms with Gasteiger partial charge >= 0.3 is 0 Å². The molecule has 0 bridgehead atoms. The van der Waals surface area contributed by atoms with E-state index >= 15 is 0 Å². The van der Waals surface area contributed by atoms with E-state index in [4.69, 9.17) is 5.73 Å². The van der Waals surface area contributed by atoms with Crippen LogP contribution in [-0.2, 0) is 0 Å². The summed E-state index contributed by atoms with van der Waals surface area (Å²) in [5.74, 6) is 0.802. The molecule has 0 amide bonds. The van der Waals surface area contributed by atoms with Crippen LogP contribution >= 0.6 is 0 Å². The van der Waals surface area contributed by atoms with Gasteiger partial charge < -0.3 is 5.73 Å². The van der Waals surface area contributed by atoms with Crippen molar-refractivity contribution in [3.63, 3.8) is 0 Å². The highest BCUT2D eigenvalue weighted by atomic mass is 14.7. The molecule has 0 aromatic rings. The summed E-state index contributed by atoms with van der Waals surface area (Å²) in [6.07, 6.45) is 10.3. The Labute approximate surface area is 102 Å². The molecule has 2 unspecified atom stereocenters. The standard InChI is InChI=1S/C15H31N/c1-5-7-13(2)12-15(16)9-6-8-14(3,4)10-11-15/h13H,5-12,16H2,1-4H3. The molecule has 2 atom stereocenters. The van der Waals surface area contributed by atoms with Crippen LogP contribution in [0.15, 0.2) is 0 Å². The van der Waals surface area contributed by atoms with Gasteiger partial charge in [0.25, 0.3) is 0 Å². The van der Waals surface area contributed by atoms with Gasteiger partial charge in [0.15, 0.2) is 0 Å². The molecule has 0 spiro atoms. The summed E-state index contributed by atoms with van der Waals surface area (Å²) < 4.78 is 0. The molecule has 1 fully saturated rings. The molecule has 1 nitrogen and oxygen atoms in total. The third-order valence-corrected chi connectivity index (χ3v) is 4.36. The number of hydrogen-bond acceptors (Lipinski definition) is 1. The summed E-state index contributed by atoms with van der Waals surface area (Å²) in [4.78, 5) is 0. The maximum Gasteiger partial charge on any atom is 0.0157 e. The molecule has 0 aromatic carbocycles. The van der Waals surface area contributed by atoms with Crippen molar-refractivity contribution < 1.29 is 0 Å². The van der Waals surface area contributed by atoms with Crippen molar-refractivity contribution in [3.05, 3.63) is 0 Å². The van der Waals surface area contributed by atoms with Crippen LogP contribution in [0.3, 0.4) is 0 Å². The SMILES string of the molecule is CCCC(C)CC1(N)CCCC(C)(C)CC1.